The van der Waals surface area contributed by atoms with Crippen LogP contribution < -0.4 is 9.88 Å². The molecule has 0 aliphatic rings. The first-order valence-corrected chi connectivity index (χ1v) is 8.27. The zero-order valence-corrected chi connectivity index (χ0v) is 12.4. The fourth-order valence-corrected chi connectivity index (χ4v) is 2.40. The van der Waals surface area contributed by atoms with Gasteiger partial charge in [-0.15, -0.1) is 0 Å². The second-order valence-corrected chi connectivity index (χ2v) is 6.31. The van der Waals surface area contributed by atoms with Crippen molar-refractivity contribution in [3.8, 4) is 5.75 Å². The third-order valence-electron chi connectivity index (χ3n) is 3.16. The van der Waals surface area contributed by atoms with Crippen LogP contribution in [0.25, 0.3) is 0 Å². The fourth-order valence-electron chi connectivity index (χ4n) is 1.85. The highest BCUT2D eigenvalue weighted by Gasteiger charge is 2.10. The van der Waals surface area contributed by atoms with Gasteiger partial charge in [0, 0.05) is 6.07 Å². The SMILES string of the molecule is CCCCC(CC)COc1cccc(S(N)(=O)=O)c1. The monoisotopic (exact) mass is 285 g/mol. The van der Waals surface area contributed by atoms with Crippen molar-refractivity contribution in [3.05, 3.63) is 24.3 Å². The molecule has 0 aromatic heterocycles. The third kappa shape index (κ3) is 5.61. The Labute approximate surface area is 116 Å². The molecule has 0 fully saturated rings. The molecule has 1 unspecified atom stereocenters. The number of unbranched alkanes of at least 4 members (excludes halogenated alkanes) is 1. The Balaban J connectivity index is 2.62. The molecule has 1 atom stereocenters. The summed E-state index contributed by atoms with van der Waals surface area (Å²) in [6.45, 7) is 4.93. The van der Waals surface area contributed by atoms with Crippen molar-refractivity contribution in [1.29, 1.82) is 0 Å². The van der Waals surface area contributed by atoms with Crippen LogP contribution in [0.15, 0.2) is 29.2 Å². The first-order chi connectivity index (χ1) is 8.97. The van der Waals surface area contributed by atoms with Gasteiger partial charge in [-0.25, -0.2) is 13.6 Å². The van der Waals surface area contributed by atoms with Crippen molar-refractivity contribution in [2.24, 2.45) is 11.1 Å². The summed E-state index contributed by atoms with van der Waals surface area (Å²) in [5.41, 5.74) is 0. The Morgan fingerprint density at radius 1 is 1.32 bits per heavy atom. The molecule has 0 heterocycles. The van der Waals surface area contributed by atoms with Gasteiger partial charge in [-0.2, -0.15) is 0 Å². The molecule has 5 heteroatoms. The summed E-state index contributed by atoms with van der Waals surface area (Å²) in [6, 6.07) is 6.34. The molecule has 0 radical (unpaired) electrons. The molecule has 0 aliphatic carbocycles. The summed E-state index contributed by atoms with van der Waals surface area (Å²) < 4.78 is 28.2. The van der Waals surface area contributed by atoms with Crippen LogP contribution in [0, 0.1) is 5.92 Å². The first-order valence-electron chi connectivity index (χ1n) is 6.73. The van der Waals surface area contributed by atoms with Gasteiger partial charge in [0.25, 0.3) is 0 Å². The van der Waals surface area contributed by atoms with Gasteiger partial charge in [0.15, 0.2) is 0 Å². The number of primary sulfonamides is 1. The molecule has 1 aromatic carbocycles. The number of rotatable bonds is 8. The second kappa shape index (κ2) is 7.50. The van der Waals surface area contributed by atoms with E-state index in [0.717, 1.165) is 12.8 Å². The lowest BCUT2D eigenvalue weighted by Crippen LogP contribution is -2.13. The largest absolute Gasteiger partial charge is 0.493 e. The van der Waals surface area contributed by atoms with E-state index >= 15 is 0 Å². The molecule has 1 aromatic rings. The molecular weight excluding hydrogens is 262 g/mol. The van der Waals surface area contributed by atoms with E-state index in [1.807, 2.05) is 0 Å². The van der Waals surface area contributed by atoms with Gasteiger partial charge in [0.1, 0.15) is 5.75 Å². The van der Waals surface area contributed by atoms with E-state index in [0.29, 0.717) is 18.3 Å². The van der Waals surface area contributed by atoms with Crippen LogP contribution >= 0.6 is 0 Å². The van der Waals surface area contributed by atoms with Crippen LogP contribution in [0.3, 0.4) is 0 Å². The minimum Gasteiger partial charge on any atom is -0.493 e. The normalized spacial score (nSPS) is 13.2. The number of nitrogens with two attached hydrogens (primary N) is 1. The zero-order chi connectivity index (χ0) is 14.3. The van der Waals surface area contributed by atoms with E-state index in [1.54, 1.807) is 12.1 Å². The lowest BCUT2D eigenvalue weighted by molar-refractivity contribution is 0.233. The van der Waals surface area contributed by atoms with Crippen molar-refractivity contribution in [1.82, 2.24) is 0 Å². The van der Waals surface area contributed by atoms with Gasteiger partial charge in [-0.1, -0.05) is 39.2 Å². The maximum atomic E-state index is 11.2. The lowest BCUT2D eigenvalue weighted by Gasteiger charge is -2.15. The highest BCUT2D eigenvalue weighted by Crippen LogP contribution is 2.19. The molecular formula is C14H23NO3S. The van der Waals surface area contributed by atoms with Gasteiger partial charge in [0.05, 0.1) is 11.5 Å². The lowest BCUT2D eigenvalue weighted by atomic mass is 10.0. The Kier molecular flexibility index (Phi) is 6.31. The predicted molar refractivity (Wildman–Crippen MR) is 76.6 cm³/mol. The summed E-state index contributed by atoms with van der Waals surface area (Å²) >= 11 is 0. The molecule has 1 rings (SSSR count). The highest BCUT2D eigenvalue weighted by molar-refractivity contribution is 7.89. The number of hydrogen-bond acceptors (Lipinski definition) is 3. The minimum atomic E-state index is -3.66. The third-order valence-corrected chi connectivity index (χ3v) is 4.07. The van der Waals surface area contributed by atoms with E-state index in [9.17, 15) is 8.42 Å². The van der Waals surface area contributed by atoms with E-state index in [1.165, 1.54) is 25.0 Å². The van der Waals surface area contributed by atoms with Crippen molar-refractivity contribution in [2.75, 3.05) is 6.61 Å². The molecule has 0 aliphatic heterocycles. The molecule has 108 valence electrons. The van der Waals surface area contributed by atoms with E-state index in [-0.39, 0.29) is 4.90 Å². The van der Waals surface area contributed by atoms with Crippen molar-refractivity contribution in [2.45, 2.75) is 44.4 Å². The fraction of sp³-hybridized carbons (Fsp3) is 0.571. The maximum Gasteiger partial charge on any atom is 0.238 e. The molecule has 0 amide bonds. The van der Waals surface area contributed by atoms with Crippen LogP contribution in [0.4, 0.5) is 0 Å². The maximum absolute atomic E-state index is 11.2. The summed E-state index contributed by atoms with van der Waals surface area (Å²) in [5, 5.41) is 5.09. The molecule has 0 saturated carbocycles. The average Bonchev–Trinajstić information content (AvgIpc) is 2.38. The van der Waals surface area contributed by atoms with E-state index in [2.05, 4.69) is 13.8 Å². The standard InChI is InChI=1S/C14H23NO3S/c1-3-5-7-12(4-2)11-18-13-8-6-9-14(10-13)19(15,16)17/h6,8-10,12H,3-5,7,11H2,1-2H3,(H2,15,16,17). The minimum absolute atomic E-state index is 0.0895. The number of hydrogen-bond donors (Lipinski definition) is 1. The number of ether oxygens (including phenoxy) is 1. The van der Waals surface area contributed by atoms with Crippen LogP contribution in [-0.4, -0.2) is 15.0 Å². The smallest absolute Gasteiger partial charge is 0.238 e. The van der Waals surface area contributed by atoms with Crippen LogP contribution in [0.2, 0.25) is 0 Å². The van der Waals surface area contributed by atoms with Gasteiger partial charge in [-0.3, -0.25) is 0 Å². The van der Waals surface area contributed by atoms with Crippen molar-refractivity contribution < 1.29 is 13.2 Å². The molecule has 0 saturated heterocycles. The molecule has 0 bridgehead atoms. The van der Waals surface area contributed by atoms with Gasteiger partial charge < -0.3 is 4.74 Å². The van der Waals surface area contributed by atoms with E-state index < -0.39 is 10.0 Å². The Bertz CT molecular complexity index is 485. The molecule has 19 heavy (non-hydrogen) atoms. The quantitative estimate of drug-likeness (QED) is 0.798. The van der Waals surface area contributed by atoms with Crippen LogP contribution in [0.1, 0.15) is 39.5 Å². The Hall–Kier alpha value is -1.07. The molecule has 4 nitrogen and oxygen atoms in total. The Morgan fingerprint density at radius 2 is 2.05 bits per heavy atom. The molecule has 2 N–H and O–H groups in total. The molecule has 0 spiro atoms. The average molecular weight is 285 g/mol. The second-order valence-electron chi connectivity index (χ2n) is 4.75. The van der Waals surface area contributed by atoms with Gasteiger partial charge >= 0.3 is 0 Å². The highest BCUT2D eigenvalue weighted by atomic mass is 32.2. The topological polar surface area (TPSA) is 69.4 Å². The van der Waals surface area contributed by atoms with Crippen molar-refractivity contribution in [3.63, 3.8) is 0 Å². The summed E-state index contributed by atoms with van der Waals surface area (Å²) in [7, 11) is -3.66. The number of sulfonamides is 1. The van der Waals surface area contributed by atoms with Gasteiger partial charge in [0.2, 0.25) is 10.0 Å². The zero-order valence-electron chi connectivity index (χ0n) is 11.6. The van der Waals surface area contributed by atoms with Crippen molar-refractivity contribution >= 4 is 10.0 Å². The Morgan fingerprint density at radius 3 is 2.63 bits per heavy atom. The predicted octanol–water partition coefficient (Wildman–Crippen LogP) is 2.93. The summed E-state index contributed by atoms with van der Waals surface area (Å²) in [6.07, 6.45) is 4.58. The first kappa shape index (κ1) is 16.0. The number of benzene rings is 1. The van der Waals surface area contributed by atoms with Crippen LogP contribution in [-0.2, 0) is 10.0 Å². The van der Waals surface area contributed by atoms with E-state index in [4.69, 9.17) is 9.88 Å². The van der Waals surface area contributed by atoms with Gasteiger partial charge in [-0.05, 0) is 24.5 Å². The summed E-state index contributed by atoms with van der Waals surface area (Å²) in [5.74, 6) is 1.07. The van der Waals surface area contributed by atoms with Crippen LogP contribution in [0.5, 0.6) is 5.75 Å². The summed E-state index contributed by atoms with van der Waals surface area (Å²) in [4.78, 5) is 0.0895.